The molecule has 0 fully saturated rings. The third-order valence-corrected chi connectivity index (χ3v) is 4.04. The number of hydrogen-bond donors (Lipinski definition) is 2. The largest absolute Gasteiger partial charge is 0.366 e. The highest BCUT2D eigenvalue weighted by Crippen LogP contribution is 2.21. The zero-order valence-corrected chi connectivity index (χ0v) is 13.3. The highest BCUT2D eigenvalue weighted by molar-refractivity contribution is 6.04. The van der Waals surface area contributed by atoms with Crippen LogP contribution < -0.4 is 11.1 Å². The first kappa shape index (κ1) is 15.2. The molecule has 0 bridgehead atoms. The molecule has 0 aliphatic rings. The molecule has 0 saturated heterocycles. The molecule has 1 aromatic heterocycles. The normalized spacial score (nSPS) is 12.4. The molecule has 1 unspecified atom stereocenters. The molecule has 0 aliphatic heterocycles. The standard InChI is InChI=1S/C18H20N4O/c1-12(10-20-2)13-6-8-15(9-7-13)22-11-14-4-3-5-16(18(19)23)17(14)21-22/h3-9,11-12,20H,10H2,1-2H3,(H2,19,23). The van der Waals surface area contributed by atoms with Crippen molar-refractivity contribution in [1.82, 2.24) is 15.1 Å². The summed E-state index contributed by atoms with van der Waals surface area (Å²) in [6, 6.07) is 13.7. The van der Waals surface area contributed by atoms with Crippen molar-refractivity contribution in [2.75, 3.05) is 13.6 Å². The van der Waals surface area contributed by atoms with Crippen molar-refractivity contribution in [3.8, 4) is 5.69 Å². The fourth-order valence-electron chi connectivity index (χ4n) is 2.76. The molecule has 0 spiro atoms. The van der Waals surface area contributed by atoms with Crippen LogP contribution in [0.15, 0.2) is 48.7 Å². The number of hydrogen-bond acceptors (Lipinski definition) is 3. The summed E-state index contributed by atoms with van der Waals surface area (Å²) in [6.07, 6.45) is 1.91. The summed E-state index contributed by atoms with van der Waals surface area (Å²) in [5, 5.41) is 8.60. The van der Waals surface area contributed by atoms with Crippen LogP contribution in [0.5, 0.6) is 0 Å². The molecule has 3 N–H and O–H groups in total. The van der Waals surface area contributed by atoms with E-state index >= 15 is 0 Å². The van der Waals surface area contributed by atoms with E-state index in [-0.39, 0.29) is 0 Å². The van der Waals surface area contributed by atoms with E-state index in [0.717, 1.165) is 17.6 Å². The van der Waals surface area contributed by atoms with Crippen LogP contribution >= 0.6 is 0 Å². The average Bonchev–Trinajstić information content (AvgIpc) is 2.99. The maximum atomic E-state index is 11.5. The van der Waals surface area contributed by atoms with Crippen LogP contribution in [0, 0.1) is 0 Å². The van der Waals surface area contributed by atoms with E-state index in [2.05, 4.69) is 29.5 Å². The van der Waals surface area contributed by atoms with Crippen LogP contribution in [0.3, 0.4) is 0 Å². The van der Waals surface area contributed by atoms with Gasteiger partial charge < -0.3 is 11.1 Å². The quantitative estimate of drug-likeness (QED) is 0.760. The number of nitrogens with two attached hydrogens (primary N) is 1. The zero-order valence-electron chi connectivity index (χ0n) is 13.3. The first-order valence-electron chi connectivity index (χ1n) is 7.63. The Kier molecular flexibility index (Phi) is 4.12. The minimum Gasteiger partial charge on any atom is -0.366 e. The van der Waals surface area contributed by atoms with Gasteiger partial charge in [-0.1, -0.05) is 31.2 Å². The zero-order chi connectivity index (χ0) is 16.4. The van der Waals surface area contributed by atoms with Crippen molar-refractivity contribution in [2.24, 2.45) is 5.73 Å². The lowest BCUT2D eigenvalue weighted by atomic mass is 10.0. The van der Waals surface area contributed by atoms with E-state index < -0.39 is 5.91 Å². The fourth-order valence-corrected chi connectivity index (χ4v) is 2.76. The van der Waals surface area contributed by atoms with Gasteiger partial charge in [-0.25, -0.2) is 4.68 Å². The van der Waals surface area contributed by atoms with Gasteiger partial charge in [0.25, 0.3) is 5.91 Å². The molecule has 5 heteroatoms. The van der Waals surface area contributed by atoms with Crippen molar-refractivity contribution in [1.29, 1.82) is 0 Å². The second-order valence-electron chi connectivity index (χ2n) is 5.73. The minimum absolute atomic E-state index is 0.445. The van der Waals surface area contributed by atoms with Gasteiger partial charge >= 0.3 is 0 Å². The van der Waals surface area contributed by atoms with Crippen molar-refractivity contribution >= 4 is 16.8 Å². The summed E-state index contributed by atoms with van der Waals surface area (Å²) < 4.78 is 1.78. The van der Waals surface area contributed by atoms with Gasteiger partial charge in [0, 0.05) is 18.1 Å². The number of likely N-dealkylation sites (N-methyl/N-ethyl adjacent to an activating group) is 1. The Hall–Kier alpha value is -2.66. The molecule has 3 rings (SSSR count). The van der Waals surface area contributed by atoms with Crippen molar-refractivity contribution in [3.05, 3.63) is 59.8 Å². The number of primary amides is 1. The number of benzene rings is 2. The molecule has 0 saturated carbocycles. The van der Waals surface area contributed by atoms with Gasteiger partial charge in [-0.2, -0.15) is 5.10 Å². The van der Waals surface area contributed by atoms with E-state index in [1.165, 1.54) is 5.56 Å². The third kappa shape index (κ3) is 2.96. The molecule has 2 aromatic carbocycles. The number of nitrogens with zero attached hydrogens (tertiary/aromatic N) is 2. The molecule has 3 aromatic rings. The number of fused-ring (bicyclic) bond motifs is 1. The van der Waals surface area contributed by atoms with Gasteiger partial charge in [-0.05, 0) is 36.7 Å². The Balaban J connectivity index is 1.97. The lowest BCUT2D eigenvalue weighted by Gasteiger charge is -2.11. The number of nitrogens with one attached hydrogen (secondary N) is 1. The summed E-state index contributed by atoms with van der Waals surface area (Å²) in [5.74, 6) is -0.00991. The summed E-state index contributed by atoms with van der Waals surface area (Å²) in [7, 11) is 1.95. The Morgan fingerprint density at radius 3 is 2.65 bits per heavy atom. The van der Waals surface area contributed by atoms with Crippen LogP contribution in [0.2, 0.25) is 0 Å². The SMILES string of the molecule is CNCC(C)c1ccc(-n2cc3cccc(C(N)=O)c3n2)cc1. The lowest BCUT2D eigenvalue weighted by molar-refractivity contribution is 0.100. The van der Waals surface area contributed by atoms with Crippen LogP contribution in [0.4, 0.5) is 0 Å². The third-order valence-electron chi connectivity index (χ3n) is 4.04. The van der Waals surface area contributed by atoms with Crippen molar-refractivity contribution < 1.29 is 4.79 Å². The molecule has 1 heterocycles. The van der Waals surface area contributed by atoms with Crippen LogP contribution in [0.25, 0.3) is 16.6 Å². The summed E-state index contributed by atoms with van der Waals surface area (Å²) in [4.78, 5) is 11.5. The van der Waals surface area contributed by atoms with Crippen molar-refractivity contribution in [3.63, 3.8) is 0 Å². The Labute approximate surface area is 135 Å². The molecule has 1 atom stereocenters. The predicted molar refractivity (Wildman–Crippen MR) is 91.9 cm³/mol. The Morgan fingerprint density at radius 2 is 2.00 bits per heavy atom. The van der Waals surface area contributed by atoms with E-state index in [1.807, 2.05) is 37.5 Å². The molecular formula is C18H20N4O. The van der Waals surface area contributed by atoms with E-state index in [1.54, 1.807) is 10.7 Å². The van der Waals surface area contributed by atoms with Gasteiger partial charge in [-0.3, -0.25) is 4.79 Å². The van der Waals surface area contributed by atoms with Crippen LogP contribution in [-0.2, 0) is 0 Å². The lowest BCUT2D eigenvalue weighted by Crippen LogP contribution is -2.14. The maximum Gasteiger partial charge on any atom is 0.250 e. The second kappa shape index (κ2) is 6.22. The van der Waals surface area contributed by atoms with Gasteiger partial charge in [0.05, 0.1) is 11.3 Å². The first-order valence-corrected chi connectivity index (χ1v) is 7.63. The van der Waals surface area contributed by atoms with E-state index in [9.17, 15) is 4.79 Å². The average molecular weight is 308 g/mol. The van der Waals surface area contributed by atoms with Gasteiger partial charge in [-0.15, -0.1) is 0 Å². The summed E-state index contributed by atoms with van der Waals surface area (Å²) >= 11 is 0. The van der Waals surface area contributed by atoms with Crippen LogP contribution in [-0.4, -0.2) is 29.3 Å². The second-order valence-corrected chi connectivity index (χ2v) is 5.73. The summed E-state index contributed by atoms with van der Waals surface area (Å²) in [6.45, 7) is 3.12. The first-order chi connectivity index (χ1) is 11.1. The van der Waals surface area contributed by atoms with E-state index in [4.69, 9.17) is 5.73 Å². The number of rotatable bonds is 5. The Bertz CT molecular complexity index is 836. The fraction of sp³-hybridized carbons (Fsp3) is 0.222. The Morgan fingerprint density at radius 1 is 1.26 bits per heavy atom. The number of carbonyl (C=O) groups excluding carboxylic acids is 1. The smallest absolute Gasteiger partial charge is 0.250 e. The highest BCUT2D eigenvalue weighted by Gasteiger charge is 2.11. The van der Waals surface area contributed by atoms with Gasteiger partial charge in [0.15, 0.2) is 0 Å². The highest BCUT2D eigenvalue weighted by atomic mass is 16.1. The van der Waals surface area contributed by atoms with Gasteiger partial charge in [0.1, 0.15) is 5.52 Å². The predicted octanol–water partition coefficient (Wildman–Crippen LogP) is 2.45. The topological polar surface area (TPSA) is 72.9 Å². The molecule has 0 aliphatic carbocycles. The molecule has 23 heavy (non-hydrogen) atoms. The molecule has 118 valence electrons. The summed E-state index contributed by atoms with van der Waals surface area (Å²) in [5.41, 5.74) is 8.72. The number of aromatic nitrogens is 2. The molecule has 1 amide bonds. The van der Waals surface area contributed by atoms with Crippen molar-refractivity contribution in [2.45, 2.75) is 12.8 Å². The molecule has 0 radical (unpaired) electrons. The van der Waals surface area contributed by atoms with Crippen LogP contribution in [0.1, 0.15) is 28.8 Å². The molecular weight excluding hydrogens is 288 g/mol. The number of carbonyl (C=O) groups is 1. The maximum absolute atomic E-state index is 11.5. The number of amides is 1. The van der Waals surface area contributed by atoms with E-state index in [0.29, 0.717) is 17.0 Å². The monoisotopic (exact) mass is 308 g/mol. The molecule has 5 nitrogen and oxygen atoms in total. The minimum atomic E-state index is -0.461. The van der Waals surface area contributed by atoms with Gasteiger partial charge in [0.2, 0.25) is 0 Å².